The van der Waals surface area contributed by atoms with Crippen molar-refractivity contribution in [2.75, 3.05) is 0 Å². The highest BCUT2D eigenvalue weighted by molar-refractivity contribution is 9.11. The Bertz CT molecular complexity index is 645. The fourth-order valence-corrected chi connectivity index (χ4v) is 3.26. The van der Waals surface area contributed by atoms with E-state index in [-0.39, 0.29) is 11.9 Å². The number of thiophene rings is 1. The first-order valence-corrected chi connectivity index (χ1v) is 8.28. The van der Waals surface area contributed by atoms with E-state index in [2.05, 4.69) is 21.0 Å². The van der Waals surface area contributed by atoms with Crippen molar-refractivity contribution in [3.63, 3.8) is 0 Å². The maximum Gasteiger partial charge on any atom is 0.247 e. The Morgan fingerprint density at radius 1 is 1.52 bits per heavy atom. The highest BCUT2D eigenvalue weighted by atomic mass is 79.9. The summed E-state index contributed by atoms with van der Waals surface area (Å²) in [6, 6.07) is 4.10. The highest BCUT2D eigenvalue weighted by Crippen LogP contribution is 2.23. The minimum atomic E-state index is 0.0124. The van der Waals surface area contributed by atoms with Crippen LogP contribution in [0.15, 0.2) is 34.4 Å². The minimum Gasteiger partial charge on any atom is -0.332 e. The van der Waals surface area contributed by atoms with Gasteiger partial charge in [-0.2, -0.15) is 5.10 Å². The normalized spacial score (nSPS) is 11.5. The lowest BCUT2D eigenvalue weighted by Gasteiger charge is -2.24. The zero-order chi connectivity index (χ0) is 15.4. The predicted octanol–water partition coefficient (Wildman–Crippen LogP) is 3.69. The van der Waals surface area contributed by atoms with E-state index in [1.54, 1.807) is 28.3 Å². The predicted molar refractivity (Wildman–Crippen MR) is 89.9 cm³/mol. The summed E-state index contributed by atoms with van der Waals surface area (Å²) >= 11 is 5.02. The van der Waals surface area contributed by atoms with E-state index in [9.17, 15) is 4.79 Å². The molecule has 2 heterocycles. The second-order valence-electron chi connectivity index (χ2n) is 5.06. The summed E-state index contributed by atoms with van der Waals surface area (Å²) in [7, 11) is 1.87. The molecule has 2 rings (SSSR count). The van der Waals surface area contributed by atoms with Crippen LogP contribution in [0.1, 0.15) is 24.3 Å². The Morgan fingerprint density at radius 3 is 2.81 bits per heavy atom. The maximum atomic E-state index is 12.4. The van der Waals surface area contributed by atoms with Crippen LogP contribution in [0, 0.1) is 0 Å². The van der Waals surface area contributed by atoms with Gasteiger partial charge in [-0.1, -0.05) is 0 Å². The molecule has 0 aromatic carbocycles. The summed E-state index contributed by atoms with van der Waals surface area (Å²) in [6.07, 6.45) is 7.22. The second-order valence-corrected chi connectivity index (χ2v) is 7.55. The van der Waals surface area contributed by atoms with Crippen molar-refractivity contribution in [3.05, 3.63) is 44.8 Å². The lowest BCUT2D eigenvalue weighted by molar-refractivity contribution is -0.128. The molecule has 21 heavy (non-hydrogen) atoms. The van der Waals surface area contributed by atoms with Crippen molar-refractivity contribution in [2.24, 2.45) is 7.05 Å². The first kappa shape index (κ1) is 16.0. The number of carbonyl (C=O) groups is 1. The van der Waals surface area contributed by atoms with Crippen LogP contribution in [0.2, 0.25) is 0 Å². The van der Waals surface area contributed by atoms with Gasteiger partial charge in [0.15, 0.2) is 0 Å². The molecule has 2 aromatic heterocycles. The van der Waals surface area contributed by atoms with Crippen LogP contribution in [0.3, 0.4) is 0 Å². The number of rotatable bonds is 5. The van der Waals surface area contributed by atoms with E-state index < -0.39 is 0 Å². The smallest absolute Gasteiger partial charge is 0.247 e. The van der Waals surface area contributed by atoms with Crippen molar-refractivity contribution in [1.82, 2.24) is 14.7 Å². The highest BCUT2D eigenvalue weighted by Gasteiger charge is 2.15. The SMILES string of the molecule is CC(C)N(Cc1cnn(C)c1)C(=O)/C=C/c1ccc(Br)s1. The molecule has 112 valence electrons. The van der Waals surface area contributed by atoms with Gasteiger partial charge in [0.1, 0.15) is 0 Å². The number of halogens is 1. The fourth-order valence-electron chi connectivity index (χ4n) is 1.93. The van der Waals surface area contributed by atoms with Gasteiger partial charge in [0.25, 0.3) is 0 Å². The summed E-state index contributed by atoms with van der Waals surface area (Å²) in [4.78, 5) is 15.3. The summed E-state index contributed by atoms with van der Waals surface area (Å²) in [5, 5.41) is 4.14. The van der Waals surface area contributed by atoms with Gasteiger partial charge >= 0.3 is 0 Å². The molecule has 0 atom stereocenters. The van der Waals surface area contributed by atoms with Crippen molar-refractivity contribution < 1.29 is 4.79 Å². The molecule has 0 aliphatic rings. The number of hydrogen-bond donors (Lipinski definition) is 0. The average molecular weight is 368 g/mol. The van der Waals surface area contributed by atoms with Crippen molar-refractivity contribution in [3.8, 4) is 0 Å². The molecule has 0 aliphatic heterocycles. The molecule has 0 spiro atoms. The third-order valence-electron chi connectivity index (χ3n) is 3.00. The molecule has 0 saturated heterocycles. The van der Waals surface area contributed by atoms with Crippen LogP contribution in [-0.4, -0.2) is 26.6 Å². The first-order chi connectivity index (χ1) is 9.95. The Labute approximate surface area is 137 Å². The van der Waals surface area contributed by atoms with Crippen LogP contribution < -0.4 is 0 Å². The molecule has 4 nitrogen and oxygen atoms in total. The molecule has 2 aromatic rings. The number of aryl methyl sites for hydroxylation is 1. The Balaban J connectivity index is 2.07. The number of carbonyl (C=O) groups excluding carboxylic acids is 1. The lowest BCUT2D eigenvalue weighted by atomic mass is 10.2. The first-order valence-electron chi connectivity index (χ1n) is 6.67. The van der Waals surface area contributed by atoms with Crippen LogP contribution >= 0.6 is 27.3 Å². The molecule has 0 unspecified atom stereocenters. The van der Waals surface area contributed by atoms with Gasteiger partial charge in [-0.05, 0) is 48.0 Å². The van der Waals surface area contributed by atoms with E-state index >= 15 is 0 Å². The topological polar surface area (TPSA) is 38.1 Å². The third kappa shape index (κ3) is 4.54. The maximum absolute atomic E-state index is 12.4. The molecular formula is C15H18BrN3OS. The van der Waals surface area contributed by atoms with Gasteiger partial charge in [0, 0.05) is 42.3 Å². The van der Waals surface area contributed by atoms with Gasteiger partial charge in [0.2, 0.25) is 5.91 Å². The third-order valence-corrected chi connectivity index (χ3v) is 4.59. The number of amides is 1. The molecule has 0 fully saturated rings. The van der Waals surface area contributed by atoms with E-state index in [4.69, 9.17) is 0 Å². The monoisotopic (exact) mass is 367 g/mol. The second kappa shape index (κ2) is 7.04. The molecule has 0 radical (unpaired) electrons. The van der Waals surface area contributed by atoms with E-state index in [1.165, 1.54) is 0 Å². The van der Waals surface area contributed by atoms with Gasteiger partial charge in [0.05, 0.1) is 9.98 Å². The van der Waals surface area contributed by atoms with Crippen LogP contribution in [0.5, 0.6) is 0 Å². The summed E-state index contributed by atoms with van der Waals surface area (Å²) in [6.45, 7) is 4.61. The van der Waals surface area contributed by atoms with Crippen LogP contribution in [0.4, 0.5) is 0 Å². The summed E-state index contributed by atoms with van der Waals surface area (Å²) in [5.74, 6) is 0.0124. The fraction of sp³-hybridized carbons (Fsp3) is 0.333. The Morgan fingerprint density at radius 2 is 2.29 bits per heavy atom. The summed E-state index contributed by atoms with van der Waals surface area (Å²) in [5.41, 5.74) is 1.03. The van der Waals surface area contributed by atoms with Crippen molar-refractivity contribution in [1.29, 1.82) is 0 Å². The van der Waals surface area contributed by atoms with Crippen molar-refractivity contribution >= 4 is 39.2 Å². The minimum absolute atomic E-state index is 0.0124. The van der Waals surface area contributed by atoms with Gasteiger partial charge in [-0.3, -0.25) is 9.48 Å². The van der Waals surface area contributed by atoms with Crippen molar-refractivity contribution in [2.45, 2.75) is 26.4 Å². The molecular weight excluding hydrogens is 350 g/mol. The molecule has 0 bridgehead atoms. The van der Waals surface area contributed by atoms with Crippen LogP contribution in [0.25, 0.3) is 6.08 Å². The zero-order valence-corrected chi connectivity index (χ0v) is 14.7. The molecule has 0 N–H and O–H groups in total. The number of aromatic nitrogens is 2. The van der Waals surface area contributed by atoms with E-state index in [1.807, 2.05) is 50.2 Å². The number of hydrogen-bond acceptors (Lipinski definition) is 3. The quantitative estimate of drug-likeness (QED) is 0.755. The zero-order valence-electron chi connectivity index (χ0n) is 12.3. The molecule has 6 heteroatoms. The Kier molecular flexibility index (Phi) is 5.36. The lowest BCUT2D eigenvalue weighted by Crippen LogP contribution is -2.35. The standard InChI is InChI=1S/C15H18BrN3OS/c1-11(2)19(10-12-8-17-18(3)9-12)15(20)7-5-13-4-6-14(16)21-13/h4-9,11H,10H2,1-3H3/b7-5+. The van der Waals surface area contributed by atoms with Crippen LogP contribution in [-0.2, 0) is 18.4 Å². The van der Waals surface area contributed by atoms with E-state index in [0.717, 1.165) is 14.2 Å². The Hall–Kier alpha value is -1.40. The van der Waals surface area contributed by atoms with E-state index in [0.29, 0.717) is 6.54 Å². The molecule has 1 amide bonds. The molecule has 0 saturated carbocycles. The largest absolute Gasteiger partial charge is 0.332 e. The number of nitrogens with zero attached hydrogens (tertiary/aromatic N) is 3. The average Bonchev–Trinajstić information content (AvgIpc) is 3.01. The van der Waals surface area contributed by atoms with Gasteiger partial charge < -0.3 is 4.90 Å². The van der Waals surface area contributed by atoms with Gasteiger partial charge in [-0.25, -0.2) is 0 Å². The molecule has 0 aliphatic carbocycles. The van der Waals surface area contributed by atoms with Gasteiger partial charge in [-0.15, -0.1) is 11.3 Å². The summed E-state index contributed by atoms with van der Waals surface area (Å²) < 4.78 is 2.81.